The van der Waals surface area contributed by atoms with E-state index in [0.29, 0.717) is 29.1 Å². The molecule has 0 heterocycles. The Morgan fingerprint density at radius 1 is 0.324 bits per heavy atom. The van der Waals surface area contributed by atoms with Crippen LogP contribution in [0.2, 0.25) is 0 Å². The highest BCUT2D eigenvalue weighted by molar-refractivity contribution is 6.08. The third kappa shape index (κ3) is 5.51. The van der Waals surface area contributed by atoms with E-state index in [4.69, 9.17) is 0 Å². The fraction of sp³-hybridized carbons (Fsp3) is 0.284. The van der Waals surface area contributed by atoms with Crippen LogP contribution in [0.1, 0.15) is 110 Å². The second kappa shape index (κ2) is 14.3. The van der Waals surface area contributed by atoms with Crippen LogP contribution in [0.4, 0.5) is 17.1 Å². The molecule has 9 aliphatic rings. The van der Waals surface area contributed by atoms with Gasteiger partial charge in [0.1, 0.15) is 0 Å². The SMILES string of the molecule is c1ccc(-c2ccc(-c3ccc(N(c4ccccc4)c4cccc5c4-c4ccccc4-c4cc6c(cc4-c4cc7c(cc4-5)C4CC5CC8CC7CC85C4)C4CC5CC(C4)CC6C5)cc3)cc2)cc1. The Kier molecular flexibility index (Phi) is 8.10. The molecule has 0 saturated heterocycles. The monoisotopic (exact) mass is 875 g/mol. The van der Waals surface area contributed by atoms with Crippen molar-refractivity contribution >= 4 is 17.1 Å². The summed E-state index contributed by atoms with van der Waals surface area (Å²) in [6.45, 7) is 0. The number of fused-ring (bicyclic) bond motifs is 13. The van der Waals surface area contributed by atoms with Crippen LogP contribution in [0.15, 0.2) is 176 Å². The molecule has 7 atom stereocenters. The average molecular weight is 876 g/mol. The van der Waals surface area contributed by atoms with Gasteiger partial charge in [-0.05, 0) is 255 Å². The van der Waals surface area contributed by atoms with Gasteiger partial charge in [-0.1, -0.05) is 121 Å². The third-order valence-corrected chi connectivity index (χ3v) is 19.7. The van der Waals surface area contributed by atoms with Crippen LogP contribution in [0, 0.1) is 29.1 Å². The number of para-hydroxylation sites is 1. The molecule has 1 nitrogen and oxygen atoms in total. The second-order valence-corrected chi connectivity index (χ2v) is 22.9. The van der Waals surface area contributed by atoms with Crippen molar-refractivity contribution in [3.8, 4) is 66.8 Å². The summed E-state index contributed by atoms with van der Waals surface area (Å²) in [5.74, 6) is 6.47. The summed E-state index contributed by atoms with van der Waals surface area (Å²) >= 11 is 0. The first-order chi connectivity index (χ1) is 33.6. The zero-order valence-corrected chi connectivity index (χ0v) is 38.9. The van der Waals surface area contributed by atoms with Crippen molar-refractivity contribution in [3.63, 3.8) is 0 Å². The zero-order valence-electron chi connectivity index (χ0n) is 38.9. The number of benzene rings is 8. The molecule has 1 heteroatoms. The first kappa shape index (κ1) is 38.5. The highest BCUT2D eigenvalue weighted by Crippen LogP contribution is 2.76. The maximum Gasteiger partial charge on any atom is 0.0546 e. The molecule has 7 unspecified atom stereocenters. The van der Waals surface area contributed by atoms with E-state index >= 15 is 0 Å². The molecule has 8 aromatic carbocycles. The average Bonchev–Trinajstić information content (AvgIpc) is 3.74. The van der Waals surface area contributed by atoms with Crippen LogP contribution in [-0.4, -0.2) is 0 Å². The minimum absolute atomic E-state index is 0.620. The van der Waals surface area contributed by atoms with Gasteiger partial charge in [-0.3, -0.25) is 0 Å². The van der Waals surface area contributed by atoms with Crippen LogP contribution < -0.4 is 4.90 Å². The fourth-order valence-electron chi connectivity index (χ4n) is 17.0. The van der Waals surface area contributed by atoms with Crippen molar-refractivity contribution < 1.29 is 0 Å². The maximum atomic E-state index is 2.81. The van der Waals surface area contributed by atoms with E-state index in [1.165, 1.54) is 148 Å². The van der Waals surface area contributed by atoms with Crippen molar-refractivity contribution in [2.75, 3.05) is 4.90 Å². The van der Waals surface area contributed by atoms with E-state index in [2.05, 4.69) is 181 Å². The molecule has 17 rings (SSSR count). The Bertz CT molecular complexity index is 3330. The smallest absolute Gasteiger partial charge is 0.0546 e. The summed E-state index contributed by atoms with van der Waals surface area (Å²) in [6, 6.07) is 68.2. The van der Waals surface area contributed by atoms with Gasteiger partial charge in [0.05, 0.1) is 5.69 Å². The Hall–Kier alpha value is -6.44. The van der Waals surface area contributed by atoms with E-state index in [0.717, 1.165) is 23.7 Å². The first-order valence-corrected chi connectivity index (χ1v) is 26.3. The van der Waals surface area contributed by atoms with Gasteiger partial charge in [0, 0.05) is 16.9 Å². The van der Waals surface area contributed by atoms with Crippen molar-refractivity contribution in [3.05, 3.63) is 198 Å². The zero-order chi connectivity index (χ0) is 44.2. The third-order valence-electron chi connectivity index (χ3n) is 19.7. The Morgan fingerprint density at radius 3 is 1.35 bits per heavy atom. The molecule has 5 saturated carbocycles. The van der Waals surface area contributed by atoms with Gasteiger partial charge in [-0.2, -0.15) is 0 Å². The molecule has 9 aliphatic carbocycles. The molecule has 0 aromatic heterocycles. The van der Waals surface area contributed by atoms with Gasteiger partial charge in [-0.25, -0.2) is 0 Å². The molecule has 0 amide bonds. The molecular weight excluding hydrogens is 819 g/mol. The molecule has 330 valence electrons. The molecule has 8 aromatic rings. The highest BCUT2D eigenvalue weighted by Gasteiger charge is 2.65. The van der Waals surface area contributed by atoms with Gasteiger partial charge >= 0.3 is 0 Å². The Balaban J connectivity index is 0.918. The lowest BCUT2D eigenvalue weighted by Gasteiger charge is -2.48. The standard InChI is InChI=1S/C67H57N/c1-3-10-42(11-4-1)43-18-20-44(21-19-43)45-22-24-53(25-23-45)68(52-12-5-2-6-13-52)65-17-9-16-56-62-36-59-48-31-50-33-51-32-49(39-67(50,51)38-48)60(59)37-64(62)63-35-58-47-29-40-26-41(30-47)28-46(27-40)57(58)34-61(63)54-14-7-8-15-55(54)66(56)65/h1-25,34-37,40-41,46-51H,26-33,38-39H2. The summed E-state index contributed by atoms with van der Waals surface area (Å²) in [5, 5.41) is 0. The van der Waals surface area contributed by atoms with E-state index in [9.17, 15) is 0 Å². The predicted octanol–water partition coefficient (Wildman–Crippen LogP) is 18.3. The minimum Gasteiger partial charge on any atom is -0.310 e. The van der Waals surface area contributed by atoms with Crippen LogP contribution >= 0.6 is 0 Å². The van der Waals surface area contributed by atoms with Crippen molar-refractivity contribution in [1.82, 2.24) is 0 Å². The molecule has 0 N–H and O–H groups in total. The summed E-state index contributed by atoms with van der Waals surface area (Å²) < 4.78 is 0. The van der Waals surface area contributed by atoms with E-state index in [-0.39, 0.29) is 0 Å². The van der Waals surface area contributed by atoms with Crippen LogP contribution in [-0.2, 0) is 0 Å². The van der Waals surface area contributed by atoms with E-state index in [1.54, 1.807) is 22.3 Å². The predicted molar refractivity (Wildman–Crippen MR) is 281 cm³/mol. The van der Waals surface area contributed by atoms with Crippen LogP contribution in [0.3, 0.4) is 0 Å². The highest BCUT2D eigenvalue weighted by atomic mass is 15.1. The normalized spacial score (nSPS) is 27.8. The molecule has 5 fully saturated rings. The Morgan fingerprint density at radius 2 is 0.765 bits per heavy atom. The molecule has 7 bridgehead atoms. The molecule has 0 aliphatic heterocycles. The van der Waals surface area contributed by atoms with Gasteiger partial charge in [0.2, 0.25) is 0 Å². The number of hydrogen-bond acceptors (Lipinski definition) is 1. The van der Waals surface area contributed by atoms with E-state index < -0.39 is 0 Å². The largest absolute Gasteiger partial charge is 0.310 e. The Labute approximate surface area is 401 Å². The van der Waals surface area contributed by atoms with Crippen molar-refractivity contribution in [1.29, 1.82) is 0 Å². The van der Waals surface area contributed by atoms with Gasteiger partial charge in [0.15, 0.2) is 0 Å². The number of hydrogen-bond donors (Lipinski definition) is 0. The van der Waals surface area contributed by atoms with Crippen molar-refractivity contribution in [2.24, 2.45) is 29.1 Å². The summed E-state index contributed by atoms with van der Waals surface area (Å²) in [5.41, 5.74) is 27.3. The molecular formula is C67H57N. The molecule has 1 spiro atoms. The summed E-state index contributed by atoms with van der Waals surface area (Å²) in [6.07, 6.45) is 14.2. The number of rotatable bonds is 5. The topological polar surface area (TPSA) is 3.24 Å². The fourth-order valence-corrected chi connectivity index (χ4v) is 17.0. The molecule has 0 radical (unpaired) electrons. The van der Waals surface area contributed by atoms with Gasteiger partial charge < -0.3 is 4.90 Å². The lowest BCUT2D eigenvalue weighted by atomic mass is 9.56. The lowest BCUT2D eigenvalue weighted by Crippen LogP contribution is -2.41. The maximum absolute atomic E-state index is 2.81. The van der Waals surface area contributed by atoms with Crippen LogP contribution in [0.25, 0.3) is 66.8 Å². The second-order valence-electron chi connectivity index (χ2n) is 22.9. The van der Waals surface area contributed by atoms with Gasteiger partial charge in [0.25, 0.3) is 0 Å². The van der Waals surface area contributed by atoms with Crippen LogP contribution in [0.5, 0.6) is 0 Å². The summed E-state index contributed by atoms with van der Waals surface area (Å²) in [4.78, 5) is 2.54. The van der Waals surface area contributed by atoms with E-state index in [1.807, 2.05) is 0 Å². The van der Waals surface area contributed by atoms with Gasteiger partial charge in [-0.15, -0.1) is 0 Å². The number of anilines is 3. The lowest BCUT2D eigenvalue weighted by molar-refractivity contribution is 0.00322. The minimum atomic E-state index is 0.620. The summed E-state index contributed by atoms with van der Waals surface area (Å²) in [7, 11) is 0. The quantitative estimate of drug-likeness (QED) is 0.167. The van der Waals surface area contributed by atoms with Crippen molar-refractivity contribution in [2.45, 2.75) is 87.9 Å². The number of nitrogens with zero attached hydrogens (tertiary/aromatic N) is 1. The molecule has 68 heavy (non-hydrogen) atoms. The first-order valence-electron chi connectivity index (χ1n) is 26.3.